The van der Waals surface area contributed by atoms with Crippen molar-refractivity contribution < 1.29 is 0 Å². The number of rotatable bonds is 5. The van der Waals surface area contributed by atoms with Gasteiger partial charge in [-0.1, -0.05) is 6.92 Å². The molecule has 0 saturated carbocycles. The highest BCUT2D eigenvalue weighted by Crippen LogP contribution is 2.17. The molecule has 0 spiro atoms. The summed E-state index contributed by atoms with van der Waals surface area (Å²) in [7, 11) is 0. The third-order valence-corrected chi connectivity index (χ3v) is 3.58. The van der Waals surface area contributed by atoms with E-state index in [9.17, 15) is 0 Å². The molecule has 1 atom stereocenters. The van der Waals surface area contributed by atoms with Gasteiger partial charge in [-0.15, -0.1) is 11.3 Å². The van der Waals surface area contributed by atoms with E-state index in [-0.39, 0.29) is 0 Å². The fourth-order valence-corrected chi connectivity index (χ4v) is 2.55. The molecule has 0 bridgehead atoms. The molecule has 16 heavy (non-hydrogen) atoms. The smallest absolute Gasteiger partial charge is 0.123 e. The molecular formula is C12H17N3S. The zero-order valence-electron chi connectivity index (χ0n) is 9.66. The van der Waals surface area contributed by atoms with Crippen LogP contribution in [0.25, 0.3) is 0 Å². The second-order valence-corrected chi connectivity index (χ2v) is 5.20. The van der Waals surface area contributed by atoms with Gasteiger partial charge in [0.2, 0.25) is 0 Å². The largest absolute Gasteiger partial charge is 0.347 e. The lowest BCUT2D eigenvalue weighted by molar-refractivity contribution is 0.500. The molecular weight excluding hydrogens is 218 g/mol. The van der Waals surface area contributed by atoms with E-state index in [0.29, 0.717) is 6.04 Å². The number of aryl methyl sites for hydroxylation is 1. The Balaban J connectivity index is 1.93. The van der Waals surface area contributed by atoms with Gasteiger partial charge in [0.05, 0.1) is 6.04 Å². The van der Waals surface area contributed by atoms with Crippen LogP contribution in [0.1, 0.15) is 35.0 Å². The minimum atomic E-state index is 0.317. The van der Waals surface area contributed by atoms with E-state index >= 15 is 0 Å². The lowest BCUT2D eigenvalue weighted by Gasteiger charge is -2.13. The Morgan fingerprint density at radius 2 is 2.38 bits per heavy atom. The molecule has 0 aromatic carbocycles. The Labute approximate surface area is 99.9 Å². The van der Waals surface area contributed by atoms with Crippen molar-refractivity contribution in [3.05, 3.63) is 40.1 Å². The average molecular weight is 235 g/mol. The zero-order chi connectivity index (χ0) is 11.4. The first-order valence-electron chi connectivity index (χ1n) is 5.57. The van der Waals surface area contributed by atoms with E-state index < -0.39 is 0 Å². The van der Waals surface area contributed by atoms with Gasteiger partial charge in [-0.2, -0.15) is 0 Å². The van der Waals surface area contributed by atoms with Gasteiger partial charge in [0.15, 0.2) is 0 Å². The number of aromatic amines is 1. The SMILES string of the molecule is CCC(NCc1ccc(C)s1)c1ncc[nH]1. The molecule has 0 aliphatic carbocycles. The minimum absolute atomic E-state index is 0.317. The van der Waals surface area contributed by atoms with Crippen molar-refractivity contribution >= 4 is 11.3 Å². The van der Waals surface area contributed by atoms with E-state index in [0.717, 1.165) is 18.8 Å². The van der Waals surface area contributed by atoms with Crippen molar-refractivity contribution in [1.82, 2.24) is 15.3 Å². The van der Waals surface area contributed by atoms with Gasteiger partial charge in [0.1, 0.15) is 5.82 Å². The van der Waals surface area contributed by atoms with Gasteiger partial charge in [-0.3, -0.25) is 0 Å². The molecule has 2 aromatic rings. The normalized spacial score (nSPS) is 12.9. The Morgan fingerprint density at radius 3 is 2.94 bits per heavy atom. The van der Waals surface area contributed by atoms with Crippen LogP contribution in [0.5, 0.6) is 0 Å². The van der Waals surface area contributed by atoms with Crippen LogP contribution in [-0.2, 0) is 6.54 Å². The lowest BCUT2D eigenvalue weighted by atomic mass is 10.2. The molecule has 86 valence electrons. The van der Waals surface area contributed by atoms with Crippen LogP contribution in [0.3, 0.4) is 0 Å². The molecule has 2 N–H and O–H groups in total. The number of aromatic nitrogens is 2. The van der Waals surface area contributed by atoms with Crippen molar-refractivity contribution in [2.45, 2.75) is 32.9 Å². The predicted octanol–water partition coefficient (Wildman–Crippen LogP) is 3.02. The van der Waals surface area contributed by atoms with Crippen molar-refractivity contribution in [3.8, 4) is 0 Å². The van der Waals surface area contributed by atoms with E-state index in [1.165, 1.54) is 9.75 Å². The first-order chi connectivity index (χ1) is 7.79. The summed E-state index contributed by atoms with van der Waals surface area (Å²) < 4.78 is 0. The van der Waals surface area contributed by atoms with Crippen molar-refractivity contribution in [1.29, 1.82) is 0 Å². The average Bonchev–Trinajstić information content (AvgIpc) is 2.91. The van der Waals surface area contributed by atoms with Crippen LogP contribution in [-0.4, -0.2) is 9.97 Å². The van der Waals surface area contributed by atoms with Crippen LogP contribution in [0, 0.1) is 6.92 Å². The Morgan fingerprint density at radius 1 is 1.50 bits per heavy atom. The Bertz CT molecular complexity index is 419. The van der Waals surface area contributed by atoms with Crippen molar-refractivity contribution in [2.24, 2.45) is 0 Å². The summed E-state index contributed by atoms with van der Waals surface area (Å²) in [4.78, 5) is 10.2. The number of H-pyrrole nitrogens is 1. The summed E-state index contributed by atoms with van der Waals surface area (Å²) >= 11 is 1.84. The van der Waals surface area contributed by atoms with Gasteiger partial charge in [-0.25, -0.2) is 4.98 Å². The highest BCUT2D eigenvalue weighted by molar-refractivity contribution is 7.11. The van der Waals surface area contributed by atoms with Gasteiger partial charge in [0, 0.05) is 28.7 Å². The lowest BCUT2D eigenvalue weighted by Crippen LogP contribution is -2.20. The third-order valence-electron chi connectivity index (χ3n) is 2.58. The van der Waals surface area contributed by atoms with Gasteiger partial charge in [-0.05, 0) is 25.5 Å². The van der Waals surface area contributed by atoms with E-state index in [2.05, 4.69) is 41.3 Å². The fourth-order valence-electron chi connectivity index (χ4n) is 1.71. The molecule has 0 fully saturated rings. The molecule has 4 heteroatoms. The summed E-state index contributed by atoms with van der Waals surface area (Å²) in [6, 6.07) is 4.66. The highest BCUT2D eigenvalue weighted by atomic mass is 32.1. The maximum absolute atomic E-state index is 4.29. The number of nitrogens with zero attached hydrogens (tertiary/aromatic N) is 1. The van der Waals surface area contributed by atoms with Gasteiger partial charge in [0.25, 0.3) is 0 Å². The molecule has 2 aromatic heterocycles. The fraction of sp³-hybridized carbons (Fsp3) is 0.417. The number of imidazole rings is 1. The predicted molar refractivity (Wildman–Crippen MR) is 67.5 cm³/mol. The molecule has 0 amide bonds. The topological polar surface area (TPSA) is 40.7 Å². The van der Waals surface area contributed by atoms with Crippen LogP contribution in [0.4, 0.5) is 0 Å². The molecule has 2 rings (SSSR count). The summed E-state index contributed by atoms with van der Waals surface area (Å²) in [5.41, 5.74) is 0. The molecule has 0 radical (unpaired) electrons. The second-order valence-electron chi connectivity index (χ2n) is 3.83. The quantitative estimate of drug-likeness (QED) is 0.836. The molecule has 1 unspecified atom stereocenters. The van der Waals surface area contributed by atoms with Crippen LogP contribution >= 0.6 is 11.3 Å². The molecule has 0 aliphatic rings. The monoisotopic (exact) mass is 235 g/mol. The number of thiophene rings is 1. The summed E-state index contributed by atoms with van der Waals surface area (Å²) in [6.07, 6.45) is 4.71. The summed E-state index contributed by atoms with van der Waals surface area (Å²) in [6.45, 7) is 5.22. The third kappa shape index (κ3) is 2.71. The van der Waals surface area contributed by atoms with Crippen LogP contribution in [0.2, 0.25) is 0 Å². The zero-order valence-corrected chi connectivity index (χ0v) is 10.5. The second kappa shape index (κ2) is 5.27. The maximum atomic E-state index is 4.29. The number of hydrogen-bond donors (Lipinski definition) is 2. The van der Waals surface area contributed by atoms with E-state index in [1.54, 1.807) is 6.20 Å². The van der Waals surface area contributed by atoms with Crippen LogP contribution < -0.4 is 5.32 Å². The van der Waals surface area contributed by atoms with E-state index in [1.807, 2.05) is 17.5 Å². The standard InChI is InChI=1S/C12H17N3S/c1-3-11(12-13-6-7-14-12)15-8-10-5-4-9(2)16-10/h4-7,11,15H,3,8H2,1-2H3,(H,13,14). The van der Waals surface area contributed by atoms with Crippen molar-refractivity contribution in [2.75, 3.05) is 0 Å². The van der Waals surface area contributed by atoms with E-state index in [4.69, 9.17) is 0 Å². The molecule has 0 aliphatic heterocycles. The van der Waals surface area contributed by atoms with Crippen LogP contribution in [0.15, 0.2) is 24.5 Å². The Kier molecular flexibility index (Phi) is 3.74. The molecule has 3 nitrogen and oxygen atoms in total. The first-order valence-corrected chi connectivity index (χ1v) is 6.39. The summed E-state index contributed by atoms with van der Waals surface area (Å²) in [5, 5.41) is 3.52. The minimum Gasteiger partial charge on any atom is -0.347 e. The molecule has 0 saturated heterocycles. The highest BCUT2D eigenvalue weighted by Gasteiger charge is 2.10. The summed E-state index contributed by atoms with van der Waals surface area (Å²) in [5.74, 6) is 1.02. The molecule has 2 heterocycles. The van der Waals surface area contributed by atoms with Crippen molar-refractivity contribution in [3.63, 3.8) is 0 Å². The Hall–Kier alpha value is -1.13. The number of nitrogens with one attached hydrogen (secondary N) is 2. The first kappa shape index (κ1) is 11.4. The maximum Gasteiger partial charge on any atom is 0.123 e. The number of hydrogen-bond acceptors (Lipinski definition) is 3. The van der Waals surface area contributed by atoms with Gasteiger partial charge < -0.3 is 10.3 Å². The van der Waals surface area contributed by atoms with Gasteiger partial charge >= 0.3 is 0 Å².